The first-order valence-corrected chi connectivity index (χ1v) is 5.01. The highest BCUT2D eigenvalue weighted by Crippen LogP contribution is 2.22. The Labute approximate surface area is 93.3 Å². The van der Waals surface area contributed by atoms with Gasteiger partial charge in [0.2, 0.25) is 0 Å². The van der Waals surface area contributed by atoms with Crippen molar-refractivity contribution in [3.05, 3.63) is 47.3 Å². The maximum atomic E-state index is 13.1. The van der Waals surface area contributed by atoms with Gasteiger partial charge in [-0.25, -0.2) is 4.39 Å². The van der Waals surface area contributed by atoms with Crippen LogP contribution in [0.3, 0.4) is 0 Å². The Hall–Kier alpha value is -1.92. The standard InChI is InChI=1S/C13H11FN2/c1-16-8-11-5-9(7-15)4-10-6-12(14)2-3-13(10)11/h2-6,16H,8H2,1H3. The Morgan fingerprint density at radius 3 is 2.81 bits per heavy atom. The quantitative estimate of drug-likeness (QED) is 0.834. The van der Waals surface area contributed by atoms with Gasteiger partial charge in [0.1, 0.15) is 5.82 Å². The molecule has 0 aromatic heterocycles. The van der Waals surface area contributed by atoms with Gasteiger partial charge in [-0.1, -0.05) is 6.07 Å². The van der Waals surface area contributed by atoms with Gasteiger partial charge in [-0.15, -0.1) is 0 Å². The zero-order valence-corrected chi connectivity index (χ0v) is 8.92. The summed E-state index contributed by atoms with van der Waals surface area (Å²) in [7, 11) is 1.84. The minimum Gasteiger partial charge on any atom is -0.316 e. The highest BCUT2D eigenvalue weighted by atomic mass is 19.1. The van der Waals surface area contributed by atoms with Crippen molar-refractivity contribution in [1.82, 2.24) is 5.32 Å². The number of rotatable bonds is 2. The maximum Gasteiger partial charge on any atom is 0.123 e. The molecule has 0 aliphatic heterocycles. The molecule has 0 fully saturated rings. The largest absolute Gasteiger partial charge is 0.316 e. The van der Waals surface area contributed by atoms with Crippen LogP contribution >= 0.6 is 0 Å². The molecule has 0 saturated heterocycles. The Morgan fingerprint density at radius 2 is 2.12 bits per heavy atom. The molecule has 16 heavy (non-hydrogen) atoms. The van der Waals surface area contributed by atoms with Crippen LogP contribution in [0.5, 0.6) is 0 Å². The summed E-state index contributed by atoms with van der Waals surface area (Å²) in [5.41, 5.74) is 1.57. The third-order valence-electron chi connectivity index (χ3n) is 2.50. The molecule has 2 nitrogen and oxygen atoms in total. The third kappa shape index (κ3) is 1.88. The van der Waals surface area contributed by atoms with Crippen LogP contribution in [0, 0.1) is 17.1 Å². The molecule has 0 atom stereocenters. The number of nitrogens with zero attached hydrogens (tertiary/aromatic N) is 1. The van der Waals surface area contributed by atoms with Crippen LogP contribution in [-0.4, -0.2) is 7.05 Å². The average molecular weight is 214 g/mol. The molecular weight excluding hydrogens is 203 g/mol. The van der Waals surface area contributed by atoms with Crippen LogP contribution in [0.25, 0.3) is 10.8 Å². The highest BCUT2D eigenvalue weighted by Gasteiger charge is 2.04. The number of nitriles is 1. The zero-order valence-electron chi connectivity index (χ0n) is 8.92. The normalized spacial score (nSPS) is 10.3. The number of benzene rings is 2. The Balaban J connectivity index is 2.72. The number of hydrogen-bond donors (Lipinski definition) is 1. The van der Waals surface area contributed by atoms with Crippen molar-refractivity contribution in [2.75, 3.05) is 7.05 Å². The smallest absolute Gasteiger partial charge is 0.123 e. The predicted molar refractivity (Wildman–Crippen MR) is 61.4 cm³/mol. The van der Waals surface area contributed by atoms with Gasteiger partial charge in [0.05, 0.1) is 11.6 Å². The topological polar surface area (TPSA) is 35.8 Å². The first-order chi connectivity index (χ1) is 7.74. The van der Waals surface area contributed by atoms with Gasteiger partial charge in [0.25, 0.3) is 0 Å². The molecule has 0 unspecified atom stereocenters. The number of nitrogens with one attached hydrogen (secondary N) is 1. The number of fused-ring (bicyclic) bond motifs is 1. The predicted octanol–water partition coefficient (Wildman–Crippen LogP) is 2.57. The van der Waals surface area contributed by atoms with E-state index >= 15 is 0 Å². The lowest BCUT2D eigenvalue weighted by Crippen LogP contribution is -2.05. The minimum atomic E-state index is -0.280. The molecule has 0 aliphatic rings. The summed E-state index contributed by atoms with van der Waals surface area (Å²) in [6, 6.07) is 10.3. The molecule has 1 N–H and O–H groups in total. The van der Waals surface area contributed by atoms with Gasteiger partial charge < -0.3 is 5.32 Å². The molecule has 0 radical (unpaired) electrons. The molecule has 0 saturated carbocycles. The van der Waals surface area contributed by atoms with Gasteiger partial charge in [-0.3, -0.25) is 0 Å². The zero-order chi connectivity index (χ0) is 11.5. The highest BCUT2D eigenvalue weighted by molar-refractivity contribution is 5.87. The van der Waals surface area contributed by atoms with E-state index in [1.54, 1.807) is 12.1 Å². The summed E-state index contributed by atoms with van der Waals surface area (Å²) < 4.78 is 13.1. The van der Waals surface area contributed by atoms with E-state index < -0.39 is 0 Å². The summed E-state index contributed by atoms with van der Waals surface area (Å²) in [6.45, 7) is 0.664. The van der Waals surface area contributed by atoms with Crippen LogP contribution in [-0.2, 0) is 6.54 Å². The van der Waals surface area contributed by atoms with E-state index in [9.17, 15) is 4.39 Å². The Kier molecular flexibility index (Phi) is 2.84. The molecule has 0 heterocycles. The van der Waals surface area contributed by atoms with Crippen molar-refractivity contribution in [3.8, 4) is 6.07 Å². The lowest BCUT2D eigenvalue weighted by Gasteiger charge is -2.07. The second-order valence-corrected chi connectivity index (χ2v) is 3.64. The molecule has 2 rings (SSSR count). The van der Waals surface area contributed by atoms with Crippen LogP contribution in [0.2, 0.25) is 0 Å². The summed E-state index contributed by atoms with van der Waals surface area (Å²) in [5.74, 6) is -0.280. The SMILES string of the molecule is CNCc1cc(C#N)cc2cc(F)ccc12. The monoisotopic (exact) mass is 214 g/mol. The molecule has 2 aromatic carbocycles. The fourth-order valence-corrected chi connectivity index (χ4v) is 1.82. The van der Waals surface area contributed by atoms with Crippen LogP contribution < -0.4 is 5.32 Å². The van der Waals surface area contributed by atoms with Gasteiger partial charge in [-0.2, -0.15) is 5.26 Å². The van der Waals surface area contributed by atoms with E-state index in [2.05, 4.69) is 11.4 Å². The van der Waals surface area contributed by atoms with Crippen molar-refractivity contribution >= 4 is 10.8 Å². The molecule has 0 spiro atoms. The van der Waals surface area contributed by atoms with Crippen LogP contribution in [0.15, 0.2) is 30.3 Å². The van der Waals surface area contributed by atoms with Gasteiger partial charge in [0, 0.05) is 6.54 Å². The first kappa shape index (κ1) is 10.6. The molecule has 0 amide bonds. The Bertz CT molecular complexity index is 570. The van der Waals surface area contributed by atoms with E-state index in [0.29, 0.717) is 12.1 Å². The first-order valence-electron chi connectivity index (χ1n) is 5.01. The third-order valence-corrected chi connectivity index (χ3v) is 2.50. The summed E-state index contributed by atoms with van der Waals surface area (Å²) >= 11 is 0. The average Bonchev–Trinajstić information content (AvgIpc) is 2.28. The number of halogens is 1. The van der Waals surface area contributed by atoms with E-state index in [1.807, 2.05) is 13.1 Å². The van der Waals surface area contributed by atoms with E-state index in [4.69, 9.17) is 5.26 Å². The van der Waals surface area contributed by atoms with E-state index in [0.717, 1.165) is 16.3 Å². The van der Waals surface area contributed by atoms with Crippen molar-refractivity contribution < 1.29 is 4.39 Å². The molecule has 80 valence electrons. The second-order valence-electron chi connectivity index (χ2n) is 3.64. The lowest BCUT2D eigenvalue weighted by atomic mass is 10.0. The second kappa shape index (κ2) is 4.30. The molecule has 3 heteroatoms. The van der Waals surface area contributed by atoms with Crippen LogP contribution in [0.1, 0.15) is 11.1 Å². The number of hydrogen-bond acceptors (Lipinski definition) is 2. The molecule has 2 aromatic rings. The summed E-state index contributed by atoms with van der Waals surface area (Å²) in [4.78, 5) is 0. The Morgan fingerprint density at radius 1 is 1.31 bits per heavy atom. The van der Waals surface area contributed by atoms with Gasteiger partial charge in [-0.05, 0) is 47.6 Å². The van der Waals surface area contributed by atoms with Crippen molar-refractivity contribution in [2.45, 2.75) is 6.54 Å². The molecular formula is C13H11FN2. The van der Waals surface area contributed by atoms with E-state index in [1.165, 1.54) is 12.1 Å². The molecule has 0 aliphatic carbocycles. The maximum absolute atomic E-state index is 13.1. The van der Waals surface area contributed by atoms with Crippen molar-refractivity contribution in [2.24, 2.45) is 0 Å². The van der Waals surface area contributed by atoms with Crippen molar-refractivity contribution in [1.29, 1.82) is 5.26 Å². The minimum absolute atomic E-state index is 0.280. The van der Waals surface area contributed by atoms with Gasteiger partial charge in [0.15, 0.2) is 0 Å². The fourth-order valence-electron chi connectivity index (χ4n) is 1.82. The van der Waals surface area contributed by atoms with Crippen molar-refractivity contribution in [3.63, 3.8) is 0 Å². The fraction of sp³-hybridized carbons (Fsp3) is 0.154. The van der Waals surface area contributed by atoms with Gasteiger partial charge >= 0.3 is 0 Å². The summed E-state index contributed by atoms with van der Waals surface area (Å²) in [5, 5.41) is 13.7. The molecule has 0 bridgehead atoms. The summed E-state index contributed by atoms with van der Waals surface area (Å²) in [6.07, 6.45) is 0. The van der Waals surface area contributed by atoms with E-state index in [-0.39, 0.29) is 5.82 Å². The van der Waals surface area contributed by atoms with Crippen LogP contribution in [0.4, 0.5) is 4.39 Å². The lowest BCUT2D eigenvalue weighted by molar-refractivity contribution is 0.629.